The number of ether oxygens (including phenoxy) is 1. The van der Waals surface area contributed by atoms with E-state index in [2.05, 4.69) is 30.0 Å². The summed E-state index contributed by atoms with van der Waals surface area (Å²) in [5, 5.41) is 0. The molecular weight excluding hydrogens is 260 g/mol. The first-order valence-corrected chi connectivity index (χ1v) is 8.39. The highest BCUT2D eigenvalue weighted by Gasteiger charge is 2.35. The molecule has 3 nitrogen and oxygen atoms in total. The second kappa shape index (κ2) is 6.37. The third-order valence-corrected chi connectivity index (χ3v) is 5.37. The summed E-state index contributed by atoms with van der Waals surface area (Å²) < 4.78 is 5.34. The summed E-state index contributed by atoms with van der Waals surface area (Å²) in [7, 11) is 1.72. The van der Waals surface area contributed by atoms with E-state index in [0.29, 0.717) is 6.04 Å². The molecule has 2 unspecified atom stereocenters. The molecule has 2 atom stereocenters. The van der Waals surface area contributed by atoms with Crippen LogP contribution in [-0.4, -0.2) is 31.1 Å². The molecule has 0 saturated carbocycles. The lowest BCUT2D eigenvalue weighted by Gasteiger charge is -2.37. The number of piperidine rings is 1. The van der Waals surface area contributed by atoms with Gasteiger partial charge in [-0.25, -0.2) is 0 Å². The molecule has 2 N–H and O–H groups in total. The van der Waals surface area contributed by atoms with E-state index in [1.165, 1.54) is 49.9 Å². The van der Waals surface area contributed by atoms with Gasteiger partial charge in [0, 0.05) is 12.1 Å². The molecule has 1 saturated heterocycles. The molecule has 0 radical (unpaired) electrons. The molecule has 1 aromatic carbocycles. The lowest BCUT2D eigenvalue weighted by molar-refractivity contribution is 0.119. The van der Waals surface area contributed by atoms with Crippen LogP contribution in [0.15, 0.2) is 18.2 Å². The highest BCUT2D eigenvalue weighted by atomic mass is 16.5. The Hall–Kier alpha value is -1.06. The van der Waals surface area contributed by atoms with Crippen molar-refractivity contribution < 1.29 is 4.74 Å². The molecule has 116 valence electrons. The molecule has 1 heterocycles. The Labute approximate surface area is 128 Å². The fraction of sp³-hybridized carbons (Fsp3) is 0.667. The predicted molar refractivity (Wildman–Crippen MR) is 86.6 cm³/mol. The molecule has 21 heavy (non-hydrogen) atoms. The van der Waals surface area contributed by atoms with Crippen LogP contribution in [0.1, 0.15) is 49.8 Å². The first kappa shape index (κ1) is 14.9. The van der Waals surface area contributed by atoms with Crippen molar-refractivity contribution in [3.8, 4) is 5.75 Å². The number of hydrogen-bond acceptors (Lipinski definition) is 3. The molecule has 0 bridgehead atoms. The molecule has 1 aromatic rings. The second-order valence-corrected chi connectivity index (χ2v) is 6.63. The van der Waals surface area contributed by atoms with Crippen molar-refractivity contribution in [1.29, 1.82) is 0 Å². The molecule has 0 spiro atoms. The zero-order valence-electron chi connectivity index (χ0n) is 13.3. The summed E-state index contributed by atoms with van der Waals surface area (Å²) in [4.78, 5) is 2.63. The first-order chi connectivity index (χ1) is 10.2. The first-order valence-electron chi connectivity index (χ1n) is 8.39. The zero-order valence-corrected chi connectivity index (χ0v) is 13.3. The van der Waals surface area contributed by atoms with Crippen molar-refractivity contribution >= 4 is 0 Å². The van der Waals surface area contributed by atoms with Gasteiger partial charge in [0.1, 0.15) is 5.75 Å². The average Bonchev–Trinajstić information content (AvgIpc) is 2.85. The Bertz CT molecular complexity index is 480. The average molecular weight is 288 g/mol. The van der Waals surface area contributed by atoms with E-state index in [0.717, 1.165) is 18.1 Å². The fourth-order valence-corrected chi connectivity index (χ4v) is 4.09. The molecule has 1 aliphatic carbocycles. The number of nitrogens with two attached hydrogens (primary N) is 1. The van der Waals surface area contributed by atoms with Crippen LogP contribution in [0.25, 0.3) is 0 Å². The third kappa shape index (κ3) is 2.95. The Kier molecular flexibility index (Phi) is 4.51. The normalized spacial score (nSPS) is 26.8. The SMILES string of the molecule is CCCC1CCN(C2Cc3ccc(OC)cc3C2N)CC1. The van der Waals surface area contributed by atoms with E-state index >= 15 is 0 Å². The monoisotopic (exact) mass is 288 g/mol. The zero-order chi connectivity index (χ0) is 14.8. The summed E-state index contributed by atoms with van der Waals surface area (Å²) in [6.45, 7) is 4.73. The molecule has 1 fully saturated rings. The van der Waals surface area contributed by atoms with Crippen LogP contribution in [-0.2, 0) is 6.42 Å². The molecule has 3 rings (SSSR count). The van der Waals surface area contributed by atoms with E-state index in [-0.39, 0.29) is 6.04 Å². The maximum absolute atomic E-state index is 6.54. The van der Waals surface area contributed by atoms with Crippen LogP contribution >= 0.6 is 0 Å². The standard InChI is InChI=1S/C18H28N2O/c1-3-4-13-7-9-20(10-8-13)17-11-14-5-6-15(21-2)12-16(14)18(17)19/h5-6,12-13,17-18H,3-4,7-11,19H2,1-2H3. The van der Waals surface area contributed by atoms with Gasteiger partial charge in [-0.15, -0.1) is 0 Å². The van der Waals surface area contributed by atoms with Crippen molar-refractivity contribution in [2.24, 2.45) is 11.7 Å². The number of nitrogens with zero attached hydrogens (tertiary/aromatic N) is 1. The highest BCUT2D eigenvalue weighted by Crippen LogP contribution is 2.37. The number of fused-ring (bicyclic) bond motifs is 1. The van der Waals surface area contributed by atoms with E-state index in [9.17, 15) is 0 Å². The van der Waals surface area contributed by atoms with Gasteiger partial charge in [0.15, 0.2) is 0 Å². The van der Waals surface area contributed by atoms with Gasteiger partial charge >= 0.3 is 0 Å². The van der Waals surface area contributed by atoms with E-state index in [1.54, 1.807) is 7.11 Å². The summed E-state index contributed by atoms with van der Waals surface area (Å²) >= 11 is 0. The van der Waals surface area contributed by atoms with Crippen molar-refractivity contribution in [3.05, 3.63) is 29.3 Å². The van der Waals surface area contributed by atoms with Crippen molar-refractivity contribution in [1.82, 2.24) is 4.90 Å². The van der Waals surface area contributed by atoms with Crippen LogP contribution in [0.4, 0.5) is 0 Å². The second-order valence-electron chi connectivity index (χ2n) is 6.63. The van der Waals surface area contributed by atoms with Gasteiger partial charge < -0.3 is 10.5 Å². The molecule has 3 heteroatoms. The van der Waals surface area contributed by atoms with Crippen LogP contribution in [0.2, 0.25) is 0 Å². The highest BCUT2D eigenvalue weighted by molar-refractivity contribution is 5.42. The minimum Gasteiger partial charge on any atom is -0.497 e. The molecule has 2 aliphatic rings. The summed E-state index contributed by atoms with van der Waals surface area (Å²) in [6.07, 6.45) is 6.49. The molecule has 1 aliphatic heterocycles. The number of benzene rings is 1. The lowest BCUT2D eigenvalue weighted by atomic mass is 9.91. The minimum atomic E-state index is 0.137. The largest absolute Gasteiger partial charge is 0.497 e. The van der Waals surface area contributed by atoms with E-state index < -0.39 is 0 Å². The van der Waals surface area contributed by atoms with Gasteiger partial charge in [0.05, 0.1) is 7.11 Å². The van der Waals surface area contributed by atoms with Gasteiger partial charge in [-0.2, -0.15) is 0 Å². The van der Waals surface area contributed by atoms with Gasteiger partial charge in [0.2, 0.25) is 0 Å². The summed E-state index contributed by atoms with van der Waals surface area (Å²) in [6, 6.07) is 7.00. The topological polar surface area (TPSA) is 38.5 Å². The Morgan fingerprint density at radius 1 is 1.29 bits per heavy atom. The molecular formula is C18H28N2O. The Balaban J connectivity index is 1.66. The Morgan fingerprint density at radius 3 is 2.71 bits per heavy atom. The molecule has 0 amide bonds. The molecule has 0 aromatic heterocycles. The lowest BCUT2D eigenvalue weighted by Crippen LogP contribution is -2.45. The summed E-state index contributed by atoms with van der Waals surface area (Å²) in [5.41, 5.74) is 9.23. The third-order valence-electron chi connectivity index (χ3n) is 5.37. The van der Waals surface area contributed by atoms with Crippen molar-refractivity contribution in [2.75, 3.05) is 20.2 Å². The maximum atomic E-state index is 6.54. The Morgan fingerprint density at radius 2 is 2.05 bits per heavy atom. The van der Waals surface area contributed by atoms with E-state index in [1.807, 2.05) is 0 Å². The van der Waals surface area contributed by atoms with E-state index in [4.69, 9.17) is 10.5 Å². The fourth-order valence-electron chi connectivity index (χ4n) is 4.09. The van der Waals surface area contributed by atoms with Gasteiger partial charge in [-0.05, 0) is 61.5 Å². The number of likely N-dealkylation sites (tertiary alicyclic amines) is 1. The number of rotatable bonds is 4. The van der Waals surface area contributed by atoms with Gasteiger partial charge in [-0.1, -0.05) is 25.8 Å². The van der Waals surface area contributed by atoms with Crippen molar-refractivity contribution in [2.45, 2.75) is 51.1 Å². The van der Waals surface area contributed by atoms with Crippen LogP contribution in [0.5, 0.6) is 5.75 Å². The van der Waals surface area contributed by atoms with Gasteiger partial charge in [-0.3, -0.25) is 4.90 Å². The van der Waals surface area contributed by atoms with Crippen LogP contribution < -0.4 is 10.5 Å². The quantitative estimate of drug-likeness (QED) is 0.925. The van der Waals surface area contributed by atoms with Gasteiger partial charge in [0.25, 0.3) is 0 Å². The summed E-state index contributed by atoms with van der Waals surface area (Å²) in [5.74, 6) is 1.86. The number of hydrogen-bond donors (Lipinski definition) is 1. The predicted octanol–water partition coefficient (Wildman–Crippen LogP) is 3.13. The minimum absolute atomic E-state index is 0.137. The van der Waals surface area contributed by atoms with Crippen molar-refractivity contribution in [3.63, 3.8) is 0 Å². The smallest absolute Gasteiger partial charge is 0.119 e. The van der Waals surface area contributed by atoms with Crippen LogP contribution in [0, 0.1) is 5.92 Å². The maximum Gasteiger partial charge on any atom is 0.119 e. The number of methoxy groups -OCH3 is 1. The van der Waals surface area contributed by atoms with Crippen LogP contribution in [0.3, 0.4) is 0 Å².